The van der Waals surface area contributed by atoms with Crippen molar-refractivity contribution < 1.29 is 0 Å². The van der Waals surface area contributed by atoms with Gasteiger partial charge < -0.3 is 10.3 Å². The lowest BCUT2D eigenvalue weighted by molar-refractivity contribution is 0.411. The molecule has 0 aromatic carbocycles. The molecular weight excluding hydrogens is 180 g/mol. The molecule has 1 saturated heterocycles. The smallest absolute Gasteiger partial charge is 0.108 e. The van der Waals surface area contributed by atoms with E-state index < -0.39 is 0 Å². The molecule has 1 aliphatic heterocycles. The summed E-state index contributed by atoms with van der Waals surface area (Å²) in [7, 11) is 0. The van der Waals surface area contributed by atoms with Crippen LogP contribution in [0.25, 0.3) is 0 Å². The van der Waals surface area contributed by atoms with Crippen LogP contribution in [0.4, 0.5) is 0 Å². The summed E-state index contributed by atoms with van der Waals surface area (Å²) in [6.07, 6.45) is 5.69. The van der Waals surface area contributed by atoms with Crippen LogP contribution < -0.4 is 5.32 Å². The SMILES string of the molecule is S=c1[nH]cccc1[C@@H]1CCCCN1. The van der Waals surface area contributed by atoms with Gasteiger partial charge >= 0.3 is 0 Å². The molecule has 2 N–H and O–H groups in total. The molecular formula is C10H14N2S. The Balaban J connectivity index is 2.24. The number of aromatic amines is 1. The number of nitrogens with one attached hydrogen (secondary N) is 2. The Morgan fingerprint density at radius 3 is 3.00 bits per heavy atom. The van der Waals surface area contributed by atoms with Crippen molar-refractivity contribution in [2.75, 3.05) is 6.54 Å². The van der Waals surface area contributed by atoms with E-state index in [0.717, 1.165) is 11.2 Å². The van der Waals surface area contributed by atoms with Gasteiger partial charge in [0.05, 0.1) is 0 Å². The quantitative estimate of drug-likeness (QED) is 0.672. The molecule has 2 rings (SSSR count). The van der Waals surface area contributed by atoms with Crippen LogP contribution >= 0.6 is 12.2 Å². The molecule has 0 radical (unpaired) electrons. The van der Waals surface area contributed by atoms with Crippen molar-refractivity contribution in [1.29, 1.82) is 0 Å². The van der Waals surface area contributed by atoms with Gasteiger partial charge in [0.1, 0.15) is 4.64 Å². The molecule has 0 amide bonds. The Kier molecular flexibility index (Phi) is 2.76. The van der Waals surface area contributed by atoms with Crippen LogP contribution in [0.1, 0.15) is 30.9 Å². The van der Waals surface area contributed by atoms with Crippen molar-refractivity contribution in [2.45, 2.75) is 25.3 Å². The summed E-state index contributed by atoms with van der Waals surface area (Å²) in [6.45, 7) is 1.12. The lowest BCUT2D eigenvalue weighted by Crippen LogP contribution is -2.27. The molecule has 70 valence electrons. The van der Waals surface area contributed by atoms with Gasteiger partial charge in [-0.1, -0.05) is 24.7 Å². The van der Waals surface area contributed by atoms with E-state index in [1.165, 1.54) is 24.8 Å². The molecule has 3 heteroatoms. The average Bonchev–Trinajstić information content (AvgIpc) is 2.20. The fourth-order valence-electron chi connectivity index (χ4n) is 1.83. The fraction of sp³-hybridized carbons (Fsp3) is 0.500. The summed E-state index contributed by atoms with van der Waals surface area (Å²) in [4.78, 5) is 3.07. The Hall–Kier alpha value is -0.670. The summed E-state index contributed by atoms with van der Waals surface area (Å²) in [5, 5.41) is 3.49. The molecule has 1 atom stereocenters. The molecule has 1 fully saturated rings. The molecule has 1 aromatic rings. The predicted molar refractivity (Wildman–Crippen MR) is 56.2 cm³/mol. The molecule has 0 unspecified atom stereocenters. The second kappa shape index (κ2) is 4.03. The first kappa shape index (κ1) is 8.91. The number of aromatic nitrogens is 1. The van der Waals surface area contributed by atoms with Crippen LogP contribution in [0.15, 0.2) is 18.3 Å². The highest BCUT2D eigenvalue weighted by atomic mass is 32.1. The first-order valence-corrected chi connectivity index (χ1v) is 5.20. The third-order valence-corrected chi connectivity index (χ3v) is 2.89. The van der Waals surface area contributed by atoms with Gasteiger partial charge in [0.2, 0.25) is 0 Å². The van der Waals surface area contributed by atoms with E-state index in [4.69, 9.17) is 12.2 Å². The monoisotopic (exact) mass is 194 g/mol. The van der Waals surface area contributed by atoms with Crippen LogP contribution in [0, 0.1) is 4.64 Å². The summed E-state index contributed by atoms with van der Waals surface area (Å²) in [5.41, 5.74) is 1.25. The predicted octanol–water partition coefficient (Wildman–Crippen LogP) is 2.56. The normalized spacial score (nSPS) is 22.9. The highest BCUT2D eigenvalue weighted by Crippen LogP contribution is 2.22. The first-order valence-electron chi connectivity index (χ1n) is 4.79. The van der Waals surface area contributed by atoms with Crippen LogP contribution in [0.5, 0.6) is 0 Å². The largest absolute Gasteiger partial charge is 0.353 e. The number of hydrogen-bond acceptors (Lipinski definition) is 2. The van der Waals surface area contributed by atoms with Gasteiger partial charge in [-0.3, -0.25) is 0 Å². The van der Waals surface area contributed by atoms with Crippen LogP contribution in [0.2, 0.25) is 0 Å². The van der Waals surface area contributed by atoms with E-state index in [1.54, 1.807) is 0 Å². The molecule has 13 heavy (non-hydrogen) atoms. The highest BCUT2D eigenvalue weighted by molar-refractivity contribution is 7.71. The maximum absolute atomic E-state index is 5.24. The second-order valence-corrected chi connectivity index (χ2v) is 3.87. The van der Waals surface area contributed by atoms with Gasteiger partial charge in [0.25, 0.3) is 0 Å². The topological polar surface area (TPSA) is 27.8 Å². The third-order valence-electron chi connectivity index (χ3n) is 2.53. The summed E-state index contributed by atoms with van der Waals surface area (Å²) >= 11 is 5.24. The van der Waals surface area contributed by atoms with Gasteiger partial charge in [-0.2, -0.15) is 0 Å². The van der Waals surface area contributed by atoms with Crippen LogP contribution in [0.3, 0.4) is 0 Å². The van der Waals surface area contributed by atoms with E-state index in [2.05, 4.69) is 16.4 Å². The summed E-state index contributed by atoms with van der Waals surface area (Å²) < 4.78 is 0.877. The standard InChI is InChI=1S/C10H14N2S/c13-10-8(4-3-7-12-10)9-5-1-2-6-11-9/h3-4,7,9,11H,1-2,5-6H2,(H,12,13)/t9-/m0/s1. The zero-order valence-electron chi connectivity index (χ0n) is 7.55. The van der Waals surface area contributed by atoms with E-state index in [1.807, 2.05) is 12.3 Å². The Morgan fingerprint density at radius 2 is 2.31 bits per heavy atom. The fourth-order valence-corrected chi connectivity index (χ4v) is 2.10. The number of pyridine rings is 1. The summed E-state index contributed by atoms with van der Waals surface area (Å²) in [6, 6.07) is 4.60. The summed E-state index contributed by atoms with van der Waals surface area (Å²) in [5.74, 6) is 0. The molecule has 2 heterocycles. The Morgan fingerprint density at radius 1 is 1.38 bits per heavy atom. The van der Waals surface area contributed by atoms with Crippen molar-refractivity contribution in [1.82, 2.24) is 10.3 Å². The van der Waals surface area contributed by atoms with Gasteiger partial charge in [-0.05, 0) is 25.5 Å². The first-order chi connectivity index (χ1) is 6.38. The molecule has 0 bridgehead atoms. The molecule has 1 aliphatic rings. The van der Waals surface area contributed by atoms with E-state index in [0.29, 0.717) is 6.04 Å². The van der Waals surface area contributed by atoms with E-state index >= 15 is 0 Å². The zero-order valence-corrected chi connectivity index (χ0v) is 8.36. The van der Waals surface area contributed by atoms with Crippen LogP contribution in [-0.4, -0.2) is 11.5 Å². The lowest BCUT2D eigenvalue weighted by atomic mass is 9.99. The zero-order chi connectivity index (χ0) is 9.10. The van der Waals surface area contributed by atoms with E-state index in [-0.39, 0.29) is 0 Å². The second-order valence-electron chi connectivity index (χ2n) is 3.46. The molecule has 2 nitrogen and oxygen atoms in total. The number of piperidine rings is 1. The van der Waals surface area contributed by atoms with Crippen molar-refractivity contribution in [2.24, 2.45) is 0 Å². The average molecular weight is 194 g/mol. The minimum Gasteiger partial charge on any atom is -0.353 e. The van der Waals surface area contributed by atoms with Gasteiger partial charge in [0.15, 0.2) is 0 Å². The maximum Gasteiger partial charge on any atom is 0.108 e. The molecule has 0 aliphatic carbocycles. The third kappa shape index (κ3) is 1.98. The lowest BCUT2D eigenvalue weighted by Gasteiger charge is -2.23. The molecule has 1 aromatic heterocycles. The van der Waals surface area contributed by atoms with E-state index in [9.17, 15) is 0 Å². The highest BCUT2D eigenvalue weighted by Gasteiger charge is 2.15. The van der Waals surface area contributed by atoms with Crippen molar-refractivity contribution in [3.05, 3.63) is 28.5 Å². The Labute approximate surface area is 83.4 Å². The Bertz CT molecular complexity index is 326. The minimum atomic E-state index is 0.471. The van der Waals surface area contributed by atoms with Crippen molar-refractivity contribution in [3.8, 4) is 0 Å². The maximum atomic E-state index is 5.24. The van der Waals surface area contributed by atoms with Gasteiger partial charge in [-0.25, -0.2) is 0 Å². The van der Waals surface area contributed by atoms with Gasteiger partial charge in [0, 0.05) is 17.8 Å². The van der Waals surface area contributed by atoms with Crippen LogP contribution in [-0.2, 0) is 0 Å². The number of H-pyrrole nitrogens is 1. The number of rotatable bonds is 1. The van der Waals surface area contributed by atoms with Gasteiger partial charge in [-0.15, -0.1) is 0 Å². The van der Waals surface area contributed by atoms with Crippen molar-refractivity contribution >= 4 is 12.2 Å². The molecule has 0 spiro atoms. The molecule has 0 saturated carbocycles. The number of hydrogen-bond donors (Lipinski definition) is 2. The van der Waals surface area contributed by atoms with Crippen molar-refractivity contribution in [3.63, 3.8) is 0 Å². The minimum absolute atomic E-state index is 0.471.